The molecule has 0 amide bonds. The summed E-state index contributed by atoms with van der Waals surface area (Å²) in [6.45, 7) is 2.03. The third kappa shape index (κ3) is 2.56. The Hall–Kier alpha value is -1.75. The lowest BCUT2D eigenvalue weighted by Crippen LogP contribution is -2.01. The van der Waals surface area contributed by atoms with E-state index in [0.29, 0.717) is 23.3 Å². The molecule has 5 nitrogen and oxygen atoms in total. The van der Waals surface area contributed by atoms with Gasteiger partial charge in [0.25, 0.3) is 0 Å². The monoisotopic (exact) mass is 264 g/mol. The SMILES string of the molecule is CCc1nc(-c2ccc(OC)nn2)ncc1CCl. The maximum absolute atomic E-state index is 5.82. The highest BCUT2D eigenvalue weighted by Gasteiger charge is 2.08. The van der Waals surface area contributed by atoms with Gasteiger partial charge < -0.3 is 4.74 Å². The number of aromatic nitrogens is 4. The minimum Gasteiger partial charge on any atom is -0.480 e. The van der Waals surface area contributed by atoms with Gasteiger partial charge in [-0.2, -0.15) is 0 Å². The molecule has 0 saturated heterocycles. The van der Waals surface area contributed by atoms with Gasteiger partial charge in [0.15, 0.2) is 5.82 Å². The molecule has 0 unspecified atom stereocenters. The van der Waals surface area contributed by atoms with E-state index in [-0.39, 0.29) is 0 Å². The summed E-state index contributed by atoms with van der Waals surface area (Å²) in [5.74, 6) is 1.43. The van der Waals surface area contributed by atoms with Crippen molar-refractivity contribution in [3.8, 4) is 17.4 Å². The molecule has 0 aliphatic heterocycles. The molecular formula is C12H13ClN4O. The molecule has 2 rings (SSSR count). The van der Waals surface area contributed by atoms with Crippen molar-refractivity contribution in [1.82, 2.24) is 20.2 Å². The average Bonchev–Trinajstić information content (AvgIpc) is 2.46. The van der Waals surface area contributed by atoms with Crippen LogP contribution in [0.2, 0.25) is 0 Å². The van der Waals surface area contributed by atoms with E-state index in [0.717, 1.165) is 17.7 Å². The molecule has 2 heterocycles. The molecule has 2 aromatic heterocycles. The minimum absolute atomic E-state index is 0.414. The highest BCUT2D eigenvalue weighted by atomic mass is 35.5. The van der Waals surface area contributed by atoms with Gasteiger partial charge in [0.2, 0.25) is 5.88 Å². The van der Waals surface area contributed by atoms with Gasteiger partial charge in [-0.15, -0.1) is 21.8 Å². The van der Waals surface area contributed by atoms with Crippen molar-refractivity contribution in [1.29, 1.82) is 0 Å². The fraction of sp³-hybridized carbons (Fsp3) is 0.333. The highest BCUT2D eigenvalue weighted by molar-refractivity contribution is 6.17. The van der Waals surface area contributed by atoms with Crippen molar-refractivity contribution in [2.75, 3.05) is 7.11 Å². The Kier molecular flexibility index (Phi) is 4.04. The Morgan fingerprint density at radius 3 is 2.67 bits per heavy atom. The third-order valence-electron chi connectivity index (χ3n) is 2.51. The van der Waals surface area contributed by atoms with E-state index in [9.17, 15) is 0 Å². The van der Waals surface area contributed by atoms with Crippen molar-refractivity contribution in [2.24, 2.45) is 0 Å². The maximum atomic E-state index is 5.82. The van der Waals surface area contributed by atoms with Crippen LogP contribution < -0.4 is 4.74 Å². The summed E-state index contributed by atoms with van der Waals surface area (Å²) in [5, 5.41) is 7.91. The summed E-state index contributed by atoms with van der Waals surface area (Å²) in [4.78, 5) is 8.69. The standard InChI is InChI=1S/C12H13ClN4O/c1-3-9-8(6-13)7-14-12(15-9)10-4-5-11(18-2)17-16-10/h4-5,7H,3,6H2,1-2H3. The van der Waals surface area contributed by atoms with Crippen LogP contribution >= 0.6 is 11.6 Å². The lowest BCUT2D eigenvalue weighted by molar-refractivity contribution is 0.392. The topological polar surface area (TPSA) is 60.8 Å². The van der Waals surface area contributed by atoms with E-state index in [1.54, 1.807) is 25.4 Å². The summed E-state index contributed by atoms with van der Waals surface area (Å²) in [6, 6.07) is 3.51. The van der Waals surface area contributed by atoms with Crippen molar-refractivity contribution < 1.29 is 4.74 Å². The van der Waals surface area contributed by atoms with E-state index >= 15 is 0 Å². The molecule has 2 aromatic rings. The van der Waals surface area contributed by atoms with Crippen LogP contribution in [0.5, 0.6) is 5.88 Å². The number of aryl methyl sites for hydroxylation is 1. The first kappa shape index (κ1) is 12.7. The van der Waals surface area contributed by atoms with Crippen LogP contribution in [-0.2, 0) is 12.3 Å². The van der Waals surface area contributed by atoms with E-state index < -0.39 is 0 Å². The molecule has 0 aromatic carbocycles. The average molecular weight is 265 g/mol. The fourth-order valence-corrected chi connectivity index (χ4v) is 1.75. The molecule has 0 spiro atoms. The second kappa shape index (κ2) is 5.73. The number of methoxy groups -OCH3 is 1. The zero-order valence-corrected chi connectivity index (χ0v) is 11.0. The highest BCUT2D eigenvalue weighted by Crippen LogP contribution is 2.16. The summed E-state index contributed by atoms with van der Waals surface area (Å²) < 4.78 is 4.95. The summed E-state index contributed by atoms with van der Waals surface area (Å²) in [6.07, 6.45) is 2.54. The Labute approximate surface area is 110 Å². The van der Waals surface area contributed by atoms with Crippen molar-refractivity contribution in [3.63, 3.8) is 0 Å². The Balaban J connectivity index is 2.37. The molecule has 6 heteroatoms. The number of rotatable bonds is 4. The zero-order valence-electron chi connectivity index (χ0n) is 10.2. The number of hydrogen-bond acceptors (Lipinski definition) is 5. The van der Waals surface area contributed by atoms with Gasteiger partial charge in [0.05, 0.1) is 13.0 Å². The predicted octanol–water partition coefficient (Wildman–Crippen LogP) is 2.24. The van der Waals surface area contributed by atoms with Gasteiger partial charge in [-0.1, -0.05) is 6.92 Å². The normalized spacial score (nSPS) is 10.4. The van der Waals surface area contributed by atoms with Crippen LogP contribution in [0.3, 0.4) is 0 Å². The molecule has 94 valence electrons. The molecule has 18 heavy (non-hydrogen) atoms. The third-order valence-corrected chi connectivity index (χ3v) is 2.80. The lowest BCUT2D eigenvalue weighted by atomic mass is 10.2. The van der Waals surface area contributed by atoms with Gasteiger partial charge in [-0.3, -0.25) is 0 Å². The van der Waals surface area contributed by atoms with Crippen LogP contribution in [-0.4, -0.2) is 27.3 Å². The van der Waals surface area contributed by atoms with E-state index in [1.807, 2.05) is 6.92 Å². The summed E-state index contributed by atoms with van der Waals surface area (Å²) in [5.41, 5.74) is 2.50. The van der Waals surface area contributed by atoms with Gasteiger partial charge in [-0.05, 0) is 12.5 Å². The molecule has 0 N–H and O–H groups in total. The molecule has 0 bridgehead atoms. The van der Waals surface area contributed by atoms with Crippen LogP contribution in [0.15, 0.2) is 18.3 Å². The van der Waals surface area contributed by atoms with Crippen molar-refractivity contribution >= 4 is 11.6 Å². The largest absolute Gasteiger partial charge is 0.480 e. The van der Waals surface area contributed by atoms with Gasteiger partial charge in [-0.25, -0.2) is 9.97 Å². The van der Waals surface area contributed by atoms with Crippen molar-refractivity contribution in [2.45, 2.75) is 19.2 Å². The second-order valence-electron chi connectivity index (χ2n) is 3.61. The molecular weight excluding hydrogens is 252 g/mol. The van der Waals surface area contributed by atoms with Crippen molar-refractivity contribution in [3.05, 3.63) is 29.6 Å². The van der Waals surface area contributed by atoms with Crippen LogP contribution in [0.1, 0.15) is 18.2 Å². The van der Waals surface area contributed by atoms with Gasteiger partial charge >= 0.3 is 0 Å². The predicted molar refractivity (Wildman–Crippen MR) is 68.5 cm³/mol. The first-order valence-corrected chi connectivity index (χ1v) is 6.10. The van der Waals surface area contributed by atoms with Gasteiger partial charge in [0, 0.05) is 23.5 Å². The Morgan fingerprint density at radius 1 is 1.28 bits per heavy atom. The van der Waals surface area contributed by atoms with Crippen LogP contribution in [0, 0.1) is 0 Å². The second-order valence-corrected chi connectivity index (χ2v) is 3.88. The Morgan fingerprint density at radius 2 is 2.11 bits per heavy atom. The molecule has 0 atom stereocenters. The van der Waals surface area contributed by atoms with Gasteiger partial charge in [0.1, 0.15) is 5.69 Å². The van der Waals surface area contributed by atoms with Crippen LogP contribution in [0.25, 0.3) is 11.5 Å². The van der Waals surface area contributed by atoms with E-state index in [4.69, 9.17) is 16.3 Å². The molecule has 0 radical (unpaired) electrons. The lowest BCUT2D eigenvalue weighted by Gasteiger charge is -2.05. The quantitative estimate of drug-likeness (QED) is 0.793. The number of nitrogens with zero attached hydrogens (tertiary/aromatic N) is 4. The first-order valence-electron chi connectivity index (χ1n) is 5.57. The number of ether oxygens (including phenoxy) is 1. The Bertz CT molecular complexity index is 530. The van der Waals surface area contributed by atoms with Crippen LogP contribution in [0.4, 0.5) is 0 Å². The minimum atomic E-state index is 0.414. The zero-order chi connectivity index (χ0) is 13.0. The smallest absolute Gasteiger partial charge is 0.233 e. The molecule has 0 fully saturated rings. The maximum Gasteiger partial charge on any atom is 0.233 e. The fourth-order valence-electron chi connectivity index (χ4n) is 1.53. The number of alkyl halides is 1. The van der Waals surface area contributed by atoms with E-state index in [1.165, 1.54) is 0 Å². The number of halogens is 1. The summed E-state index contributed by atoms with van der Waals surface area (Å²) >= 11 is 5.82. The summed E-state index contributed by atoms with van der Waals surface area (Å²) in [7, 11) is 1.55. The van der Waals surface area contributed by atoms with E-state index in [2.05, 4.69) is 20.2 Å². The number of hydrogen-bond donors (Lipinski definition) is 0. The molecule has 0 aliphatic carbocycles. The molecule has 0 aliphatic rings. The first-order chi connectivity index (χ1) is 8.78. The molecule has 0 saturated carbocycles.